The molecular formula is C20H11Cl3F3NO2. The van der Waals surface area contributed by atoms with Gasteiger partial charge in [-0.2, -0.15) is 13.2 Å². The molecule has 0 aliphatic rings. The van der Waals surface area contributed by atoms with Crippen LogP contribution in [0.2, 0.25) is 15.1 Å². The van der Waals surface area contributed by atoms with E-state index in [4.69, 9.17) is 39.5 Å². The maximum Gasteiger partial charge on any atom is 0.416 e. The highest BCUT2D eigenvalue weighted by atomic mass is 35.5. The summed E-state index contributed by atoms with van der Waals surface area (Å²) in [7, 11) is 0. The number of ether oxygens (including phenoxy) is 1. The SMILES string of the molecule is O=C(Oc1c(Cl)cc(Cl)cc1Cl)c1ccccc1Nc1cccc(C(F)(F)F)c1. The van der Waals surface area contributed by atoms with Gasteiger partial charge in [-0.15, -0.1) is 0 Å². The fourth-order valence-electron chi connectivity index (χ4n) is 2.47. The highest BCUT2D eigenvalue weighted by Gasteiger charge is 2.30. The molecule has 1 N–H and O–H groups in total. The van der Waals surface area contributed by atoms with Crippen molar-refractivity contribution in [2.45, 2.75) is 6.18 Å². The molecule has 3 aromatic rings. The summed E-state index contributed by atoms with van der Waals surface area (Å²) in [6.45, 7) is 0. The lowest BCUT2D eigenvalue weighted by atomic mass is 10.1. The molecule has 0 radical (unpaired) electrons. The number of nitrogens with one attached hydrogen (secondary N) is 1. The molecule has 0 spiro atoms. The van der Waals surface area contributed by atoms with Crippen LogP contribution in [0.25, 0.3) is 0 Å². The second-order valence-electron chi connectivity index (χ2n) is 5.84. The van der Waals surface area contributed by atoms with Crippen molar-refractivity contribution in [3.05, 3.63) is 86.9 Å². The summed E-state index contributed by atoms with van der Waals surface area (Å²) >= 11 is 17.9. The minimum Gasteiger partial charge on any atom is -0.420 e. The van der Waals surface area contributed by atoms with Gasteiger partial charge in [0.15, 0.2) is 5.75 Å². The quantitative estimate of drug-likeness (QED) is 0.321. The van der Waals surface area contributed by atoms with Crippen LogP contribution >= 0.6 is 34.8 Å². The Labute approximate surface area is 179 Å². The first-order valence-electron chi connectivity index (χ1n) is 8.05. The molecule has 0 amide bonds. The third-order valence-electron chi connectivity index (χ3n) is 3.77. The Morgan fingerprint density at radius 2 is 1.55 bits per heavy atom. The highest BCUT2D eigenvalue weighted by Crippen LogP contribution is 2.37. The molecule has 0 aliphatic heterocycles. The van der Waals surface area contributed by atoms with Crippen LogP contribution in [0.4, 0.5) is 24.5 Å². The average molecular weight is 461 g/mol. The predicted octanol–water partition coefficient (Wildman–Crippen LogP) is 7.63. The number of carbonyl (C=O) groups excluding carboxylic acids is 1. The number of benzene rings is 3. The van der Waals surface area contributed by atoms with Gasteiger partial charge in [0, 0.05) is 10.7 Å². The van der Waals surface area contributed by atoms with Gasteiger partial charge >= 0.3 is 12.1 Å². The van der Waals surface area contributed by atoms with Crippen LogP contribution < -0.4 is 10.1 Å². The minimum absolute atomic E-state index is 0.0409. The third-order valence-corrected chi connectivity index (χ3v) is 4.55. The first-order valence-corrected chi connectivity index (χ1v) is 9.18. The number of carbonyl (C=O) groups is 1. The maximum absolute atomic E-state index is 12.9. The zero-order valence-corrected chi connectivity index (χ0v) is 16.6. The van der Waals surface area contributed by atoms with Crippen molar-refractivity contribution in [3.63, 3.8) is 0 Å². The summed E-state index contributed by atoms with van der Waals surface area (Å²) in [4.78, 5) is 12.6. The van der Waals surface area contributed by atoms with Crippen LogP contribution in [0.1, 0.15) is 15.9 Å². The Morgan fingerprint density at radius 3 is 2.21 bits per heavy atom. The average Bonchev–Trinajstić information content (AvgIpc) is 2.64. The molecule has 3 rings (SSSR count). The van der Waals surface area contributed by atoms with Gasteiger partial charge in [0.05, 0.1) is 26.9 Å². The molecule has 0 bridgehead atoms. The van der Waals surface area contributed by atoms with Crippen LogP contribution in [0.3, 0.4) is 0 Å². The zero-order valence-electron chi connectivity index (χ0n) is 14.4. The number of esters is 1. The van der Waals surface area contributed by atoms with Gasteiger partial charge < -0.3 is 10.1 Å². The second-order valence-corrected chi connectivity index (χ2v) is 7.09. The van der Waals surface area contributed by atoms with Crippen LogP contribution in [0, 0.1) is 0 Å². The molecule has 0 fully saturated rings. The molecule has 0 atom stereocenters. The maximum atomic E-state index is 12.9. The molecule has 150 valence electrons. The normalized spacial score (nSPS) is 11.2. The smallest absolute Gasteiger partial charge is 0.416 e. The van der Waals surface area contributed by atoms with Crippen molar-refractivity contribution in [2.75, 3.05) is 5.32 Å². The molecular weight excluding hydrogens is 450 g/mol. The Bertz CT molecular complexity index is 1050. The van der Waals surface area contributed by atoms with E-state index in [0.29, 0.717) is 0 Å². The van der Waals surface area contributed by atoms with E-state index in [1.54, 1.807) is 12.1 Å². The molecule has 0 heterocycles. The number of rotatable bonds is 4. The standard InChI is InChI=1S/C20H11Cl3F3NO2/c21-12-9-15(22)18(16(23)10-12)29-19(28)14-6-1-2-7-17(14)27-13-5-3-4-11(8-13)20(24,25)26/h1-10,27H. The summed E-state index contributed by atoms with van der Waals surface area (Å²) in [5.74, 6) is -0.872. The first-order chi connectivity index (χ1) is 13.6. The lowest BCUT2D eigenvalue weighted by Crippen LogP contribution is -2.12. The van der Waals surface area contributed by atoms with E-state index in [1.165, 1.54) is 36.4 Å². The fourth-order valence-corrected chi connectivity index (χ4v) is 3.37. The van der Waals surface area contributed by atoms with Crippen LogP contribution in [-0.4, -0.2) is 5.97 Å². The molecule has 29 heavy (non-hydrogen) atoms. The number of hydrogen-bond donors (Lipinski definition) is 1. The lowest BCUT2D eigenvalue weighted by molar-refractivity contribution is -0.137. The summed E-state index contributed by atoms with van der Waals surface area (Å²) in [6.07, 6.45) is -4.49. The highest BCUT2D eigenvalue weighted by molar-refractivity contribution is 6.40. The van der Waals surface area contributed by atoms with Crippen LogP contribution in [0.15, 0.2) is 60.7 Å². The number of halogens is 6. The largest absolute Gasteiger partial charge is 0.420 e. The van der Waals surface area contributed by atoms with E-state index in [0.717, 1.165) is 12.1 Å². The van der Waals surface area contributed by atoms with E-state index < -0.39 is 17.7 Å². The van der Waals surface area contributed by atoms with Gasteiger partial charge in [-0.25, -0.2) is 4.79 Å². The van der Waals surface area contributed by atoms with Crippen LogP contribution in [0.5, 0.6) is 5.75 Å². The minimum atomic E-state index is -4.49. The van der Waals surface area contributed by atoms with Crippen molar-refractivity contribution >= 4 is 52.1 Å². The molecule has 0 saturated heterocycles. The molecule has 3 nitrogen and oxygen atoms in total. The number of para-hydroxylation sites is 1. The first kappa shape index (κ1) is 21.3. The van der Waals surface area contributed by atoms with Gasteiger partial charge in [-0.3, -0.25) is 0 Å². The molecule has 0 aliphatic carbocycles. The summed E-state index contributed by atoms with van der Waals surface area (Å²) in [6, 6.07) is 13.5. The lowest BCUT2D eigenvalue weighted by Gasteiger charge is -2.14. The molecule has 0 aromatic heterocycles. The van der Waals surface area contributed by atoms with Gasteiger partial charge in [0.2, 0.25) is 0 Å². The molecule has 0 unspecified atom stereocenters. The van der Waals surface area contributed by atoms with Crippen molar-refractivity contribution in [1.82, 2.24) is 0 Å². The number of hydrogen-bond acceptors (Lipinski definition) is 3. The van der Waals surface area contributed by atoms with Crippen molar-refractivity contribution < 1.29 is 22.7 Å². The summed E-state index contributed by atoms with van der Waals surface area (Å²) in [5.41, 5.74) is -0.338. The molecule has 9 heteroatoms. The Hall–Kier alpha value is -2.41. The topological polar surface area (TPSA) is 38.3 Å². The zero-order chi connectivity index (χ0) is 21.2. The third kappa shape index (κ3) is 5.15. The number of anilines is 2. The van der Waals surface area contributed by atoms with E-state index >= 15 is 0 Å². The summed E-state index contributed by atoms with van der Waals surface area (Å²) in [5, 5.41) is 3.15. The monoisotopic (exact) mass is 459 g/mol. The molecule has 3 aromatic carbocycles. The molecule has 0 saturated carbocycles. The predicted molar refractivity (Wildman–Crippen MR) is 108 cm³/mol. The second kappa shape index (κ2) is 8.53. The van der Waals surface area contributed by atoms with Crippen molar-refractivity contribution in [2.24, 2.45) is 0 Å². The van der Waals surface area contributed by atoms with Crippen molar-refractivity contribution in [1.29, 1.82) is 0 Å². The Morgan fingerprint density at radius 1 is 0.897 bits per heavy atom. The number of alkyl halides is 3. The Kier molecular flexibility index (Phi) is 6.27. The van der Waals surface area contributed by atoms with Gasteiger partial charge in [-0.1, -0.05) is 53.0 Å². The van der Waals surface area contributed by atoms with E-state index in [-0.39, 0.29) is 37.8 Å². The van der Waals surface area contributed by atoms with Crippen molar-refractivity contribution in [3.8, 4) is 5.75 Å². The van der Waals surface area contributed by atoms with E-state index in [1.807, 2.05) is 0 Å². The summed E-state index contributed by atoms with van der Waals surface area (Å²) < 4.78 is 44.1. The van der Waals surface area contributed by atoms with E-state index in [2.05, 4.69) is 5.32 Å². The van der Waals surface area contributed by atoms with E-state index in [9.17, 15) is 18.0 Å². The van der Waals surface area contributed by atoms with Crippen LogP contribution in [-0.2, 0) is 6.18 Å². The van der Waals surface area contributed by atoms with Gasteiger partial charge in [-0.05, 0) is 42.5 Å². The fraction of sp³-hybridized carbons (Fsp3) is 0.0500. The van der Waals surface area contributed by atoms with Gasteiger partial charge in [0.25, 0.3) is 0 Å². The van der Waals surface area contributed by atoms with Gasteiger partial charge in [0.1, 0.15) is 0 Å². The Balaban J connectivity index is 1.89.